The molecule has 0 unspecified atom stereocenters. The van der Waals surface area contributed by atoms with Crippen LogP contribution in [-0.4, -0.2) is 54.7 Å². The zero-order chi connectivity index (χ0) is 25.0. The number of aliphatic hydroxyl groups is 1. The van der Waals surface area contributed by atoms with Crippen LogP contribution in [0.3, 0.4) is 0 Å². The molecule has 7 nitrogen and oxygen atoms in total. The van der Waals surface area contributed by atoms with Crippen molar-refractivity contribution in [3.05, 3.63) is 0 Å². The van der Waals surface area contributed by atoms with Crippen molar-refractivity contribution in [2.24, 2.45) is 22.7 Å². The van der Waals surface area contributed by atoms with E-state index >= 15 is 0 Å². The van der Waals surface area contributed by atoms with Crippen LogP contribution in [0, 0.1) is 22.7 Å². The number of carboxylic acid groups (broad SMARTS) is 1. The van der Waals surface area contributed by atoms with Crippen molar-refractivity contribution in [1.82, 2.24) is 0 Å². The van der Waals surface area contributed by atoms with Crippen molar-refractivity contribution in [3.63, 3.8) is 0 Å². The average Bonchev–Trinajstić information content (AvgIpc) is 3.04. The van der Waals surface area contributed by atoms with Gasteiger partial charge in [0.1, 0.15) is 0 Å². The van der Waals surface area contributed by atoms with Gasteiger partial charge in [-0.2, -0.15) is 8.42 Å². The van der Waals surface area contributed by atoms with Crippen LogP contribution in [0.1, 0.15) is 98.8 Å². The molecule has 0 radical (unpaired) electrons. The molecule has 0 aliphatic heterocycles. The summed E-state index contributed by atoms with van der Waals surface area (Å²) in [5, 5.41) is 18.5. The molecule has 3 atom stereocenters. The molecular weight excluding hydrogens is 432 g/mol. The maximum atomic E-state index is 11.1. The van der Waals surface area contributed by atoms with Gasteiger partial charge >= 0.3 is 5.97 Å². The normalized spacial score (nSPS) is 21.8. The molecule has 0 heterocycles. The summed E-state index contributed by atoms with van der Waals surface area (Å²) in [5.41, 5.74) is 0.766. The molecule has 32 heavy (non-hydrogen) atoms. The molecule has 1 rings (SSSR count). The Morgan fingerprint density at radius 2 is 1.41 bits per heavy atom. The zero-order valence-corrected chi connectivity index (χ0v) is 21.9. The third kappa shape index (κ3) is 14.4. The van der Waals surface area contributed by atoms with Gasteiger partial charge in [-0.15, -0.1) is 0 Å². The Balaban J connectivity index is 0.00000172. The van der Waals surface area contributed by atoms with Crippen LogP contribution in [0.5, 0.6) is 0 Å². The van der Waals surface area contributed by atoms with Gasteiger partial charge in [-0.25, -0.2) is 0 Å². The lowest BCUT2D eigenvalue weighted by Crippen LogP contribution is -2.29. The fourth-order valence-electron chi connectivity index (χ4n) is 3.85. The smallest absolute Gasteiger partial charge is 0.306 e. The second kappa shape index (κ2) is 14.5. The van der Waals surface area contributed by atoms with Crippen molar-refractivity contribution < 1.29 is 32.7 Å². The summed E-state index contributed by atoms with van der Waals surface area (Å²) in [6.45, 7) is 12.5. The van der Waals surface area contributed by atoms with Crippen LogP contribution >= 0.6 is 0 Å². The molecule has 0 aromatic heterocycles. The molecule has 0 amide bonds. The average molecular weight is 481 g/mol. The monoisotopic (exact) mass is 480 g/mol. The minimum absolute atomic E-state index is 0.0107. The van der Waals surface area contributed by atoms with E-state index in [-0.39, 0.29) is 24.5 Å². The lowest BCUT2D eigenvalue weighted by Gasteiger charge is -2.39. The summed E-state index contributed by atoms with van der Waals surface area (Å²) in [6.07, 6.45) is 11.7. The number of carboxylic acids is 1. The Morgan fingerprint density at radius 1 is 0.938 bits per heavy atom. The summed E-state index contributed by atoms with van der Waals surface area (Å²) >= 11 is 0. The minimum atomic E-state index is -3.67. The Kier molecular flexibility index (Phi) is 14.2. The highest BCUT2D eigenvalue weighted by molar-refractivity contribution is 7.85. The molecule has 192 valence electrons. The quantitative estimate of drug-likeness (QED) is 0.245. The minimum Gasteiger partial charge on any atom is -0.481 e. The standard InChI is InChI=1S/C23H44O4.CH4O3S/c1-22(2,3)23(4,5)13-11-9-7-6-8-10-12-14-27-20-16-18(21(25)26)15-19(20)17-24;1-5(2,3)4/h18-20,24H,6-17H2,1-5H3,(H,25,26);1H3,(H,2,3,4)/t18-,19-,20-;/m0./s1. The third-order valence-electron chi connectivity index (χ3n) is 7.02. The van der Waals surface area contributed by atoms with E-state index in [2.05, 4.69) is 34.6 Å². The molecule has 0 spiro atoms. The first-order chi connectivity index (χ1) is 14.6. The maximum Gasteiger partial charge on any atom is 0.306 e. The molecule has 1 aliphatic rings. The SMILES string of the molecule is CC(C)(C)C(C)(C)CCCCCCCCCO[C@H]1C[C@@H](C(=O)O)C[C@H]1CO.CS(=O)(=O)O. The molecule has 3 N–H and O–H groups in total. The van der Waals surface area contributed by atoms with Gasteiger partial charge in [-0.1, -0.05) is 73.1 Å². The first kappa shape index (κ1) is 31.3. The van der Waals surface area contributed by atoms with Crippen LogP contribution in [-0.2, 0) is 19.6 Å². The number of aliphatic hydroxyl groups excluding tert-OH is 1. The predicted molar refractivity (Wildman–Crippen MR) is 128 cm³/mol. The first-order valence-corrected chi connectivity index (χ1v) is 13.8. The number of hydrogen-bond donors (Lipinski definition) is 3. The van der Waals surface area contributed by atoms with Crippen molar-refractivity contribution >= 4 is 16.1 Å². The Bertz CT molecular complexity index is 615. The number of hydrogen-bond acceptors (Lipinski definition) is 5. The second-order valence-electron chi connectivity index (χ2n) is 11.0. The molecule has 0 bridgehead atoms. The van der Waals surface area contributed by atoms with Crippen molar-refractivity contribution in [1.29, 1.82) is 0 Å². The summed E-state index contributed by atoms with van der Waals surface area (Å²) in [6, 6.07) is 0. The maximum absolute atomic E-state index is 11.1. The topological polar surface area (TPSA) is 121 Å². The van der Waals surface area contributed by atoms with E-state index < -0.39 is 16.1 Å². The summed E-state index contributed by atoms with van der Waals surface area (Å²) in [4.78, 5) is 11.1. The van der Waals surface area contributed by atoms with Crippen molar-refractivity contribution in [3.8, 4) is 0 Å². The molecule has 0 aromatic rings. The lowest BCUT2D eigenvalue weighted by molar-refractivity contribution is -0.141. The van der Waals surface area contributed by atoms with E-state index in [1.807, 2.05) is 0 Å². The van der Waals surface area contributed by atoms with E-state index in [9.17, 15) is 18.3 Å². The molecule has 1 fully saturated rings. The fraction of sp³-hybridized carbons (Fsp3) is 0.958. The number of unbranched alkanes of at least 4 members (excludes halogenated alkanes) is 6. The fourth-order valence-corrected chi connectivity index (χ4v) is 3.85. The van der Waals surface area contributed by atoms with Crippen LogP contribution in [0.15, 0.2) is 0 Å². The van der Waals surface area contributed by atoms with Gasteiger partial charge < -0.3 is 14.9 Å². The number of ether oxygens (including phenoxy) is 1. The number of rotatable bonds is 13. The van der Waals surface area contributed by atoms with E-state index in [4.69, 9.17) is 14.4 Å². The molecular formula is C24H48O7S. The highest BCUT2D eigenvalue weighted by atomic mass is 32.2. The number of aliphatic carboxylic acids is 1. The summed E-state index contributed by atoms with van der Waals surface area (Å²) < 4.78 is 31.7. The van der Waals surface area contributed by atoms with Gasteiger partial charge in [0.25, 0.3) is 10.1 Å². The lowest BCUT2D eigenvalue weighted by atomic mass is 9.67. The molecule has 0 aromatic carbocycles. The highest BCUT2D eigenvalue weighted by Gasteiger charge is 2.38. The van der Waals surface area contributed by atoms with Crippen LogP contribution in [0.25, 0.3) is 0 Å². The third-order valence-corrected chi connectivity index (χ3v) is 7.02. The first-order valence-electron chi connectivity index (χ1n) is 12.0. The van der Waals surface area contributed by atoms with Gasteiger partial charge in [-0.05, 0) is 36.5 Å². The Morgan fingerprint density at radius 3 is 1.84 bits per heavy atom. The van der Waals surface area contributed by atoms with Crippen LogP contribution in [0.4, 0.5) is 0 Å². The second-order valence-corrected chi connectivity index (χ2v) is 12.4. The van der Waals surface area contributed by atoms with Gasteiger partial charge in [0.2, 0.25) is 0 Å². The molecule has 0 saturated heterocycles. The van der Waals surface area contributed by atoms with E-state index in [0.29, 0.717) is 36.5 Å². The zero-order valence-electron chi connectivity index (χ0n) is 21.1. The number of carbonyl (C=O) groups is 1. The Labute approximate surface area is 196 Å². The largest absolute Gasteiger partial charge is 0.481 e. The van der Waals surface area contributed by atoms with Crippen molar-refractivity contribution in [2.75, 3.05) is 19.5 Å². The summed E-state index contributed by atoms with van der Waals surface area (Å²) in [5.74, 6) is -1.12. The molecule has 8 heteroatoms. The van der Waals surface area contributed by atoms with Gasteiger partial charge in [-0.3, -0.25) is 9.35 Å². The van der Waals surface area contributed by atoms with Crippen molar-refractivity contribution in [2.45, 2.75) is 105 Å². The van der Waals surface area contributed by atoms with Crippen LogP contribution < -0.4 is 0 Å². The predicted octanol–water partition coefficient (Wildman–Crippen LogP) is 5.17. The van der Waals surface area contributed by atoms with Gasteiger partial charge in [0.05, 0.1) is 18.3 Å². The molecule has 1 saturated carbocycles. The van der Waals surface area contributed by atoms with E-state index in [1.165, 1.54) is 44.9 Å². The van der Waals surface area contributed by atoms with E-state index in [1.54, 1.807) is 0 Å². The highest BCUT2D eigenvalue weighted by Crippen LogP contribution is 2.42. The summed E-state index contributed by atoms with van der Waals surface area (Å²) in [7, 11) is -3.67. The molecule has 1 aliphatic carbocycles. The van der Waals surface area contributed by atoms with E-state index in [0.717, 1.165) is 6.42 Å². The van der Waals surface area contributed by atoms with Gasteiger partial charge in [0, 0.05) is 19.1 Å². The Hall–Kier alpha value is -0.700. The van der Waals surface area contributed by atoms with Crippen LogP contribution in [0.2, 0.25) is 0 Å². The van der Waals surface area contributed by atoms with Gasteiger partial charge in [0.15, 0.2) is 0 Å².